The van der Waals surface area contributed by atoms with Gasteiger partial charge in [-0.2, -0.15) is 13.2 Å². The van der Waals surface area contributed by atoms with Crippen molar-refractivity contribution in [1.29, 1.82) is 0 Å². The second-order valence-corrected chi connectivity index (χ2v) is 5.75. The minimum atomic E-state index is -4.41. The highest BCUT2D eigenvalue weighted by Gasteiger charge is 2.30. The molecule has 0 fully saturated rings. The molecule has 2 aromatic rings. The van der Waals surface area contributed by atoms with Gasteiger partial charge >= 0.3 is 6.18 Å². The van der Waals surface area contributed by atoms with Crippen molar-refractivity contribution in [3.8, 4) is 17.2 Å². The van der Waals surface area contributed by atoms with Crippen molar-refractivity contribution >= 4 is 6.47 Å². The molecule has 0 aliphatic heterocycles. The molecule has 0 amide bonds. The van der Waals surface area contributed by atoms with Crippen LogP contribution in [0.5, 0.6) is 17.2 Å². The summed E-state index contributed by atoms with van der Waals surface area (Å²) in [5, 5.41) is 9.92. The number of halogens is 3. The van der Waals surface area contributed by atoms with Crippen LogP contribution in [0.1, 0.15) is 11.1 Å². The topological polar surface area (TPSA) is 74.2 Å². The number of ether oxygens (including phenoxy) is 4. The Bertz CT molecular complexity index is 761. The van der Waals surface area contributed by atoms with Crippen molar-refractivity contribution in [3.63, 3.8) is 0 Å². The highest BCUT2D eigenvalue weighted by Crippen LogP contribution is 2.30. The molecule has 0 spiro atoms. The van der Waals surface area contributed by atoms with Gasteiger partial charge < -0.3 is 24.1 Å². The van der Waals surface area contributed by atoms with Gasteiger partial charge in [-0.05, 0) is 55.0 Å². The van der Waals surface area contributed by atoms with E-state index in [1.807, 2.05) is 0 Å². The zero-order valence-electron chi connectivity index (χ0n) is 14.9. The van der Waals surface area contributed by atoms with Crippen molar-refractivity contribution in [2.24, 2.45) is 0 Å². The highest BCUT2D eigenvalue weighted by molar-refractivity contribution is 5.40. The predicted molar refractivity (Wildman–Crippen MR) is 92.3 cm³/mol. The first-order chi connectivity index (χ1) is 13.3. The molecular formula is C19H19F3O6. The lowest BCUT2D eigenvalue weighted by molar-refractivity contribution is -0.137. The van der Waals surface area contributed by atoms with Crippen molar-refractivity contribution in [1.82, 2.24) is 0 Å². The van der Waals surface area contributed by atoms with Gasteiger partial charge in [0.1, 0.15) is 36.6 Å². The van der Waals surface area contributed by atoms with E-state index >= 15 is 0 Å². The number of aliphatic hydroxyl groups is 1. The summed E-state index contributed by atoms with van der Waals surface area (Å²) in [4.78, 5) is 10.1. The fourth-order valence-corrected chi connectivity index (χ4v) is 2.17. The summed E-state index contributed by atoms with van der Waals surface area (Å²) in [5.74, 6) is 1.21. The summed E-state index contributed by atoms with van der Waals surface area (Å²) in [6, 6.07) is 9.12. The summed E-state index contributed by atoms with van der Waals surface area (Å²) in [6.45, 7) is 1.63. The molecule has 1 unspecified atom stereocenters. The van der Waals surface area contributed by atoms with Gasteiger partial charge in [0.15, 0.2) is 0 Å². The van der Waals surface area contributed by atoms with Crippen LogP contribution in [-0.2, 0) is 15.7 Å². The second-order valence-electron chi connectivity index (χ2n) is 5.75. The van der Waals surface area contributed by atoms with E-state index in [1.165, 1.54) is 12.1 Å². The van der Waals surface area contributed by atoms with Gasteiger partial charge in [0.2, 0.25) is 6.79 Å². The Morgan fingerprint density at radius 3 is 2.18 bits per heavy atom. The molecule has 6 nitrogen and oxygen atoms in total. The minimum absolute atomic E-state index is 0.0749. The standard InChI is InChI=1S/C19H19F3O6/c1-13-8-17(6-7-18(13)28-12-25-11-23)27-10-15(24)9-26-16-4-2-14(3-5-16)19(20,21)22/h2-8,11,15,24H,9-10,12H2,1H3. The van der Waals surface area contributed by atoms with Crippen LogP contribution in [-0.4, -0.2) is 37.7 Å². The second kappa shape index (κ2) is 9.84. The van der Waals surface area contributed by atoms with Gasteiger partial charge in [-0.25, -0.2) is 0 Å². The Labute approximate surface area is 159 Å². The number of alkyl halides is 3. The Balaban J connectivity index is 1.78. The van der Waals surface area contributed by atoms with Gasteiger partial charge in [0, 0.05) is 0 Å². The maximum absolute atomic E-state index is 12.5. The molecule has 0 radical (unpaired) electrons. The highest BCUT2D eigenvalue weighted by atomic mass is 19.4. The lowest BCUT2D eigenvalue weighted by Gasteiger charge is -2.15. The van der Waals surface area contributed by atoms with Crippen molar-refractivity contribution in [2.45, 2.75) is 19.2 Å². The van der Waals surface area contributed by atoms with Gasteiger partial charge in [-0.3, -0.25) is 4.79 Å². The van der Waals surface area contributed by atoms with E-state index < -0.39 is 17.8 Å². The van der Waals surface area contributed by atoms with E-state index in [4.69, 9.17) is 14.2 Å². The fraction of sp³-hybridized carbons (Fsp3) is 0.316. The molecule has 152 valence electrons. The molecule has 1 atom stereocenters. The van der Waals surface area contributed by atoms with Crippen LogP contribution in [0.3, 0.4) is 0 Å². The number of rotatable bonds is 10. The normalized spacial score (nSPS) is 12.2. The first kappa shape index (κ1) is 21.4. The smallest absolute Gasteiger partial charge is 0.416 e. The van der Waals surface area contributed by atoms with Gasteiger partial charge in [-0.1, -0.05) is 0 Å². The molecule has 0 heterocycles. The lowest BCUT2D eigenvalue weighted by Crippen LogP contribution is -2.25. The molecule has 2 aromatic carbocycles. The van der Waals surface area contributed by atoms with Crippen LogP contribution >= 0.6 is 0 Å². The number of benzene rings is 2. The first-order valence-corrected chi connectivity index (χ1v) is 8.19. The Morgan fingerprint density at radius 2 is 1.61 bits per heavy atom. The van der Waals surface area contributed by atoms with E-state index in [0.717, 1.165) is 17.7 Å². The molecule has 0 saturated heterocycles. The number of aryl methyl sites for hydroxylation is 1. The largest absolute Gasteiger partial charge is 0.491 e. The van der Waals surface area contributed by atoms with Crippen LogP contribution < -0.4 is 14.2 Å². The molecule has 9 heteroatoms. The molecule has 28 heavy (non-hydrogen) atoms. The summed E-state index contributed by atoms with van der Waals surface area (Å²) in [7, 11) is 0. The number of carbonyl (C=O) groups is 1. The van der Waals surface area contributed by atoms with E-state index in [1.54, 1.807) is 25.1 Å². The Kier molecular flexibility index (Phi) is 7.51. The van der Waals surface area contributed by atoms with Gasteiger partial charge in [0.25, 0.3) is 6.47 Å². The summed E-state index contributed by atoms with van der Waals surface area (Å²) >= 11 is 0. The van der Waals surface area contributed by atoms with Crippen LogP contribution in [0.15, 0.2) is 42.5 Å². The maximum atomic E-state index is 12.5. The first-order valence-electron chi connectivity index (χ1n) is 8.19. The molecule has 0 bridgehead atoms. The van der Waals surface area contributed by atoms with E-state index in [2.05, 4.69) is 4.74 Å². The summed E-state index contributed by atoms with van der Waals surface area (Å²) in [5.41, 5.74) is -0.0354. The van der Waals surface area contributed by atoms with Crippen LogP contribution in [0.4, 0.5) is 13.2 Å². The summed E-state index contributed by atoms with van der Waals surface area (Å²) in [6.07, 6.45) is -5.40. The van der Waals surface area contributed by atoms with E-state index in [-0.39, 0.29) is 32.2 Å². The monoisotopic (exact) mass is 400 g/mol. The fourth-order valence-electron chi connectivity index (χ4n) is 2.17. The number of hydrogen-bond acceptors (Lipinski definition) is 6. The van der Waals surface area contributed by atoms with Crippen LogP contribution in [0, 0.1) is 6.92 Å². The lowest BCUT2D eigenvalue weighted by atomic mass is 10.2. The molecular weight excluding hydrogens is 381 g/mol. The third kappa shape index (κ3) is 6.66. The molecule has 1 N–H and O–H groups in total. The molecule has 0 aromatic heterocycles. The Morgan fingerprint density at radius 1 is 1.00 bits per heavy atom. The minimum Gasteiger partial charge on any atom is -0.491 e. The van der Waals surface area contributed by atoms with Crippen molar-refractivity contribution < 1.29 is 42.0 Å². The van der Waals surface area contributed by atoms with Gasteiger partial charge in [-0.15, -0.1) is 0 Å². The van der Waals surface area contributed by atoms with Crippen LogP contribution in [0.25, 0.3) is 0 Å². The van der Waals surface area contributed by atoms with Crippen molar-refractivity contribution in [2.75, 3.05) is 20.0 Å². The van der Waals surface area contributed by atoms with Crippen LogP contribution in [0.2, 0.25) is 0 Å². The Hall–Kier alpha value is -2.94. The van der Waals surface area contributed by atoms with Crippen molar-refractivity contribution in [3.05, 3.63) is 53.6 Å². The summed E-state index contributed by atoms with van der Waals surface area (Å²) < 4.78 is 57.9. The zero-order chi connectivity index (χ0) is 20.6. The number of hydrogen-bond donors (Lipinski definition) is 1. The SMILES string of the molecule is Cc1cc(OCC(O)COc2ccc(C(F)(F)F)cc2)ccc1OCOC=O. The zero-order valence-corrected chi connectivity index (χ0v) is 14.9. The quantitative estimate of drug-likeness (QED) is 0.375. The third-order valence-corrected chi connectivity index (χ3v) is 3.56. The number of aliphatic hydroxyl groups excluding tert-OH is 1. The average molecular weight is 400 g/mol. The maximum Gasteiger partial charge on any atom is 0.416 e. The van der Waals surface area contributed by atoms with Gasteiger partial charge in [0.05, 0.1) is 5.56 Å². The molecule has 0 aliphatic rings. The van der Waals surface area contributed by atoms with E-state index in [9.17, 15) is 23.1 Å². The third-order valence-electron chi connectivity index (χ3n) is 3.56. The predicted octanol–water partition coefficient (Wildman–Crippen LogP) is 3.34. The molecule has 2 rings (SSSR count). The molecule has 0 saturated carbocycles. The van der Waals surface area contributed by atoms with E-state index in [0.29, 0.717) is 11.5 Å². The molecule has 0 aliphatic carbocycles. The average Bonchev–Trinajstić information content (AvgIpc) is 2.66. The number of carbonyl (C=O) groups excluding carboxylic acids is 1.